The summed E-state index contributed by atoms with van der Waals surface area (Å²) >= 11 is 0. The summed E-state index contributed by atoms with van der Waals surface area (Å²) in [6.45, 7) is 1.58. The fraction of sp³-hybridized carbons (Fsp3) is 0.188. The molecule has 0 unspecified atom stereocenters. The van der Waals surface area contributed by atoms with E-state index < -0.39 is 21.8 Å². The molecule has 0 aliphatic heterocycles. The Labute approximate surface area is 133 Å². The standard InChI is InChI=1S/C16H16FNO4S/c1-11-2-6-13(10-15(11)17)18-23(21,22)14-7-3-12(4-8-14)5-9-16(19)20/h2-4,6-8,10,18H,5,9H2,1H3,(H,19,20)/p-1. The average Bonchev–Trinajstić information content (AvgIpc) is 2.49. The molecule has 0 fully saturated rings. The third-order valence-corrected chi connectivity index (χ3v) is 4.67. The molecule has 0 saturated heterocycles. The summed E-state index contributed by atoms with van der Waals surface area (Å²) in [5.41, 5.74) is 1.24. The molecule has 0 bridgehead atoms. The molecule has 1 N–H and O–H groups in total. The van der Waals surface area contributed by atoms with Gasteiger partial charge in [0.15, 0.2) is 0 Å². The second-order valence-electron chi connectivity index (χ2n) is 5.09. The summed E-state index contributed by atoms with van der Waals surface area (Å²) in [6, 6.07) is 9.89. The second-order valence-corrected chi connectivity index (χ2v) is 6.77. The molecule has 7 heteroatoms. The van der Waals surface area contributed by atoms with Crippen molar-refractivity contribution in [1.29, 1.82) is 0 Å². The number of carboxylic acid groups (broad SMARTS) is 1. The summed E-state index contributed by atoms with van der Waals surface area (Å²) in [5.74, 6) is -1.66. The molecule has 122 valence electrons. The molecular weight excluding hydrogens is 321 g/mol. The van der Waals surface area contributed by atoms with Gasteiger partial charge in [0.25, 0.3) is 10.0 Å². The van der Waals surface area contributed by atoms with Crippen LogP contribution in [0.4, 0.5) is 10.1 Å². The van der Waals surface area contributed by atoms with Gasteiger partial charge in [-0.15, -0.1) is 0 Å². The predicted octanol–water partition coefficient (Wildman–Crippen LogP) is 1.62. The summed E-state index contributed by atoms with van der Waals surface area (Å²) in [5, 5.41) is 10.4. The molecule has 0 saturated carbocycles. The van der Waals surface area contributed by atoms with Crippen LogP contribution in [0.25, 0.3) is 0 Å². The predicted molar refractivity (Wildman–Crippen MR) is 81.7 cm³/mol. The number of hydrogen-bond donors (Lipinski definition) is 1. The number of carbonyl (C=O) groups excluding carboxylic acids is 1. The van der Waals surface area contributed by atoms with Gasteiger partial charge in [-0.05, 0) is 55.2 Å². The molecule has 0 heterocycles. The van der Waals surface area contributed by atoms with Crippen LogP contribution in [0.5, 0.6) is 0 Å². The molecule has 2 rings (SSSR count). The van der Waals surface area contributed by atoms with Crippen LogP contribution in [0.3, 0.4) is 0 Å². The largest absolute Gasteiger partial charge is 0.550 e. The van der Waals surface area contributed by atoms with Crippen molar-refractivity contribution in [1.82, 2.24) is 0 Å². The van der Waals surface area contributed by atoms with E-state index in [4.69, 9.17) is 0 Å². The maximum Gasteiger partial charge on any atom is 0.261 e. The first kappa shape index (κ1) is 17.0. The van der Waals surface area contributed by atoms with Gasteiger partial charge in [-0.2, -0.15) is 0 Å². The molecule has 2 aromatic rings. The first-order valence-electron chi connectivity index (χ1n) is 6.86. The average molecular weight is 336 g/mol. The Morgan fingerprint density at radius 1 is 1.17 bits per heavy atom. The smallest absolute Gasteiger partial charge is 0.261 e. The number of anilines is 1. The zero-order valence-electron chi connectivity index (χ0n) is 12.4. The fourth-order valence-electron chi connectivity index (χ4n) is 1.95. The maximum atomic E-state index is 13.5. The Kier molecular flexibility index (Phi) is 5.00. The zero-order chi connectivity index (χ0) is 17.0. The van der Waals surface area contributed by atoms with Gasteiger partial charge < -0.3 is 9.90 Å². The second kappa shape index (κ2) is 6.78. The van der Waals surface area contributed by atoms with Gasteiger partial charge in [0.2, 0.25) is 0 Å². The number of carboxylic acids is 1. The molecule has 23 heavy (non-hydrogen) atoms. The molecule has 0 spiro atoms. The summed E-state index contributed by atoms with van der Waals surface area (Å²) < 4.78 is 40.2. The van der Waals surface area contributed by atoms with Gasteiger partial charge in [-0.1, -0.05) is 18.2 Å². The van der Waals surface area contributed by atoms with E-state index in [-0.39, 0.29) is 23.4 Å². The highest BCUT2D eigenvalue weighted by atomic mass is 32.2. The van der Waals surface area contributed by atoms with E-state index in [2.05, 4.69) is 4.72 Å². The van der Waals surface area contributed by atoms with Crippen LogP contribution in [-0.4, -0.2) is 14.4 Å². The fourth-order valence-corrected chi connectivity index (χ4v) is 3.00. The number of nitrogens with one attached hydrogen (secondary N) is 1. The highest BCUT2D eigenvalue weighted by molar-refractivity contribution is 7.92. The van der Waals surface area contributed by atoms with Crippen LogP contribution in [0.15, 0.2) is 47.4 Å². The lowest BCUT2D eigenvalue weighted by atomic mass is 10.1. The minimum Gasteiger partial charge on any atom is -0.550 e. The van der Waals surface area contributed by atoms with E-state index in [1.807, 2.05) is 0 Å². The van der Waals surface area contributed by atoms with Crippen molar-refractivity contribution in [2.24, 2.45) is 0 Å². The third kappa shape index (κ3) is 4.53. The van der Waals surface area contributed by atoms with Crippen LogP contribution in [-0.2, 0) is 21.2 Å². The van der Waals surface area contributed by atoms with Crippen molar-refractivity contribution in [3.05, 3.63) is 59.4 Å². The molecule has 0 radical (unpaired) electrons. The van der Waals surface area contributed by atoms with Crippen molar-refractivity contribution in [3.8, 4) is 0 Å². The number of rotatable bonds is 6. The van der Waals surface area contributed by atoms with Crippen molar-refractivity contribution in [2.75, 3.05) is 4.72 Å². The van der Waals surface area contributed by atoms with Gasteiger partial charge >= 0.3 is 0 Å². The number of aliphatic carboxylic acids is 1. The highest BCUT2D eigenvalue weighted by Crippen LogP contribution is 2.19. The zero-order valence-corrected chi connectivity index (χ0v) is 13.2. The number of benzene rings is 2. The number of aryl methyl sites for hydroxylation is 2. The van der Waals surface area contributed by atoms with Crippen molar-refractivity contribution >= 4 is 21.7 Å². The minimum atomic E-state index is -3.84. The van der Waals surface area contributed by atoms with E-state index in [1.165, 1.54) is 36.4 Å². The minimum absolute atomic E-state index is 0.00989. The van der Waals surface area contributed by atoms with Gasteiger partial charge in [-0.25, -0.2) is 12.8 Å². The van der Waals surface area contributed by atoms with Crippen LogP contribution in [0.1, 0.15) is 17.5 Å². The van der Waals surface area contributed by atoms with Gasteiger partial charge in [-0.3, -0.25) is 4.72 Å². The lowest BCUT2D eigenvalue weighted by Gasteiger charge is -2.10. The molecule has 0 aromatic heterocycles. The summed E-state index contributed by atoms with van der Waals surface area (Å²) in [7, 11) is -3.84. The van der Waals surface area contributed by atoms with Crippen LogP contribution in [0.2, 0.25) is 0 Å². The van der Waals surface area contributed by atoms with E-state index in [0.717, 1.165) is 6.07 Å². The van der Waals surface area contributed by atoms with Crippen molar-refractivity contribution < 1.29 is 22.7 Å². The molecule has 0 atom stereocenters. The number of sulfonamides is 1. The topological polar surface area (TPSA) is 86.3 Å². The SMILES string of the molecule is Cc1ccc(NS(=O)(=O)c2ccc(CCC(=O)[O-])cc2)cc1F. The quantitative estimate of drug-likeness (QED) is 0.868. The Balaban J connectivity index is 2.15. The Hall–Kier alpha value is -2.41. The molecule has 0 aliphatic carbocycles. The number of halogens is 1. The third-order valence-electron chi connectivity index (χ3n) is 3.28. The van der Waals surface area contributed by atoms with Gasteiger partial charge in [0, 0.05) is 5.97 Å². The first-order valence-corrected chi connectivity index (χ1v) is 8.34. The summed E-state index contributed by atoms with van der Waals surface area (Å²) in [6.07, 6.45) is 0.131. The monoisotopic (exact) mass is 336 g/mol. The van der Waals surface area contributed by atoms with E-state index in [1.54, 1.807) is 6.92 Å². The van der Waals surface area contributed by atoms with Crippen LogP contribution in [0, 0.1) is 12.7 Å². The van der Waals surface area contributed by atoms with Crippen molar-refractivity contribution in [3.63, 3.8) is 0 Å². The Morgan fingerprint density at radius 3 is 2.39 bits per heavy atom. The van der Waals surface area contributed by atoms with Crippen LogP contribution < -0.4 is 9.83 Å². The van der Waals surface area contributed by atoms with Crippen LogP contribution >= 0.6 is 0 Å². The molecule has 2 aromatic carbocycles. The molecule has 0 aliphatic rings. The Morgan fingerprint density at radius 2 is 1.83 bits per heavy atom. The van der Waals surface area contributed by atoms with Crippen molar-refractivity contribution in [2.45, 2.75) is 24.7 Å². The first-order chi connectivity index (χ1) is 10.8. The number of hydrogen-bond acceptors (Lipinski definition) is 4. The van der Waals surface area contributed by atoms with Gasteiger partial charge in [0.05, 0.1) is 10.6 Å². The normalized spacial score (nSPS) is 11.2. The maximum absolute atomic E-state index is 13.5. The number of carbonyl (C=O) groups is 1. The lowest BCUT2D eigenvalue weighted by Crippen LogP contribution is -2.22. The summed E-state index contributed by atoms with van der Waals surface area (Å²) in [4.78, 5) is 10.4. The highest BCUT2D eigenvalue weighted by Gasteiger charge is 2.14. The molecule has 0 amide bonds. The molecular formula is C16H15FNO4S-. The van der Waals surface area contributed by atoms with E-state index in [0.29, 0.717) is 11.1 Å². The Bertz CT molecular complexity index is 816. The van der Waals surface area contributed by atoms with Gasteiger partial charge in [0.1, 0.15) is 5.82 Å². The lowest BCUT2D eigenvalue weighted by molar-refractivity contribution is -0.305. The van der Waals surface area contributed by atoms with E-state index in [9.17, 15) is 22.7 Å². The van der Waals surface area contributed by atoms with E-state index >= 15 is 0 Å². The molecule has 5 nitrogen and oxygen atoms in total.